The van der Waals surface area contributed by atoms with Crippen LogP contribution >= 0.6 is 37.9 Å². The van der Waals surface area contributed by atoms with Crippen LogP contribution in [0, 0.1) is 5.41 Å². The van der Waals surface area contributed by atoms with E-state index in [0.717, 1.165) is 0 Å². The fraction of sp³-hybridized carbons (Fsp3) is 0.857. The zero-order valence-electron chi connectivity index (χ0n) is 20.1. The number of aliphatic hydroxyl groups excluding tert-OH is 3. The summed E-state index contributed by atoms with van der Waals surface area (Å²) >= 11 is 12.0. The summed E-state index contributed by atoms with van der Waals surface area (Å²) < 4.78 is 0. The first-order valence-electron chi connectivity index (χ1n) is 10.6. The van der Waals surface area contributed by atoms with Gasteiger partial charge in [-0.05, 0) is 41.4 Å². The molecule has 9 nitrogen and oxygen atoms in total. The molecule has 12 heteroatoms. The van der Waals surface area contributed by atoms with Crippen molar-refractivity contribution in [3.05, 3.63) is 0 Å². The van der Waals surface area contributed by atoms with Gasteiger partial charge in [0.2, 0.25) is 0 Å². The van der Waals surface area contributed by atoms with E-state index in [-0.39, 0.29) is 54.8 Å². The molecule has 3 unspecified atom stereocenters. The van der Waals surface area contributed by atoms with Crippen LogP contribution in [0.4, 0.5) is 0 Å². The van der Waals surface area contributed by atoms with Gasteiger partial charge in [0, 0.05) is 24.7 Å². The Morgan fingerprint density at radius 3 is 0.879 bits per heavy atom. The quantitative estimate of drug-likeness (QED) is 0.160. The lowest BCUT2D eigenvalue weighted by Gasteiger charge is -2.24. The van der Waals surface area contributed by atoms with E-state index in [2.05, 4.69) is 37.9 Å². The highest BCUT2D eigenvalue weighted by Gasteiger charge is 2.24. The molecule has 0 radical (unpaired) electrons. The number of carboxylic acid groups (broad SMARTS) is 3. The minimum absolute atomic E-state index is 0.156. The summed E-state index contributed by atoms with van der Waals surface area (Å²) in [6, 6.07) is 0. The summed E-state index contributed by atoms with van der Waals surface area (Å²) in [5, 5.41) is 51.0. The lowest BCUT2D eigenvalue weighted by molar-refractivity contribution is -0.138. The zero-order valence-corrected chi connectivity index (χ0v) is 22.7. The third kappa shape index (κ3) is 38.9. The molecule has 3 atom stereocenters. The number of thiol groups is 3. The maximum atomic E-state index is 9.87. The topological polar surface area (TPSA) is 173 Å². The molecule has 6 N–H and O–H groups in total. The minimum atomic E-state index is -0.745. The predicted molar refractivity (Wildman–Crippen MR) is 140 cm³/mol. The molecule has 0 bridgehead atoms. The van der Waals surface area contributed by atoms with Crippen LogP contribution in [-0.2, 0) is 14.4 Å². The van der Waals surface area contributed by atoms with Crippen molar-refractivity contribution in [1.29, 1.82) is 0 Å². The summed E-state index contributed by atoms with van der Waals surface area (Å²) in [7, 11) is 0. The number of hydrogen-bond donors (Lipinski definition) is 9. The van der Waals surface area contributed by atoms with Crippen molar-refractivity contribution in [1.82, 2.24) is 0 Å². The molecule has 0 aliphatic rings. The van der Waals surface area contributed by atoms with Gasteiger partial charge in [0.05, 0.1) is 19.8 Å². The summed E-state index contributed by atoms with van der Waals surface area (Å²) in [5.41, 5.74) is -0.667. The Kier molecular flexibility index (Phi) is 31.1. The second kappa shape index (κ2) is 26.0. The van der Waals surface area contributed by atoms with Gasteiger partial charge in [0.25, 0.3) is 0 Å². The van der Waals surface area contributed by atoms with E-state index in [1.54, 1.807) is 0 Å². The molecule has 0 heterocycles. The van der Waals surface area contributed by atoms with E-state index in [0.29, 0.717) is 25.7 Å². The summed E-state index contributed by atoms with van der Waals surface area (Å²) in [6.07, 6.45) is 3.23. The maximum Gasteiger partial charge on any atom is 0.303 e. The second-order valence-corrected chi connectivity index (χ2v) is 10.3. The number of aliphatic carboxylic acids is 3. The monoisotopic (exact) mass is 536 g/mol. The van der Waals surface area contributed by atoms with Crippen molar-refractivity contribution >= 4 is 55.8 Å². The van der Waals surface area contributed by atoms with Crippen molar-refractivity contribution in [2.45, 2.75) is 88.4 Å². The molecule has 0 rings (SSSR count). The number of rotatable bonds is 13. The van der Waals surface area contributed by atoms with E-state index in [1.165, 1.54) is 0 Å². The smallest absolute Gasteiger partial charge is 0.303 e. The lowest BCUT2D eigenvalue weighted by Crippen LogP contribution is -2.32. The van der Waals surface area contributed by atoms with E-state index in [9.17, 15) is 14.4 Å². The SMILES string of the molecule is CC(S)CCC(=O)O.CC(S)CCC(=O)O.CC(S)CCC(=O)O.CCC(CO)(CO)CO. The Morgan fingerprint density at radius 1 is 0.636 bits per heavy atom. The van der Waals surface area contributed by atoms with Crippen LogP contribution in [0.15, 0.2) is 0 Å². The third-order valence-corrected chi connectivity index (χ3v) is 4.86. The first kappa shape index (κ1) is 39.5. The first-order chi connectivity index (χ1) is 15.1. The number of carbonyl (C=O) groups is 3. The van der Waals surface area contributed by atoms with E-state index in [4.69, 9.17) is 30.6 Å². The fourth-order valence-electron chi connectivity index (χ4n) is 1.48. The van der Waals surface area contributed by atoms with Crippen molar-refractivity contribution in [3.63, 3.8) is 0 Å². The molecular formula is C21H44O9S3. The van der Waals surface area contributed by atoms with Gasteiger partial charge >= 0.3 is 17.9 Å². The van der Waals surface area contributed by atoms with Gasteiger partial charge in [-0.1, -0.05) is 27.7 Å². The molecule has 0 saturated heterocycles. The Hall–Kier alpha value is -0.660. The Labute approximate surface area is 214 Å². The third-order valence-electron chi connectivity index (χ3n) is 4.08. The Bertz CT molecular complexity index is 414. The van der Waals surface area contributed by atoms with Gasteiger partial charge in [0.1, 0.15) is 0 Å². The highest BCUT2D eigenvalue weighted by atomic mass is 32.1. The van der Waals surface area contributed by atoms with E-state index in [1.807, 2.05) is 27.7 Å². The van der Waals surface area contributed by atoms with Crippen LogP contribution in [-0.4, -0.2) is 84.1 Å². The first-order valence-corrected chi connectivity index (χ1v) is 12.2. The van der Waals surface area contributed by atoms with Crippen molar-refractivity contribution in [3.8, 4) is 0 Å². The molecule has 33 heavy (non-hydrogen) atoms. The van der Waals surface area contributed by atoms with Gasteiger partial charge in [-0.3, -0.25) is 14.4 Å². The normalized spacial score (nSPS) is 12.9. The van der Waals surface area contributed by atoms with Crippen molar-refractivity contribution in [2.75, 3.05) is 19.8 Å². The van der Waals surface area contributed by atoms with Crippen molar-refractivity contribution < 1.29 is 45.0 Å². The molecule has 0 spiro atoms. The molecule has 0 aromatic heterocycles. The fourth-order valence-corrected chi connectivity index (χ4v) is 1.87. The molecule has 0 fully saturated rings. The van der Waals surface area contributed by atoms with Crippen LogP contribution < -0.4 is 0 Å². The number of carboxylic acids is 3. The number of hydrogen-bond acceptors (Lipinski definition) is 9. The van der Waals surface area contributed by atoms with Crippen LogP contribution in [0.1, 0.15) is 72.6 Å². The van der Waals surface area contributed by atoms with Crippen LogP contribution in [0.5, 0.6) is 0 Å². The highest BCUT2D eigenvalue weighted by Crippen LogP contribution is 2.18. The van der Waals surface area contributed by atoms with Crippen LogP contribution in [0.2, 0.25) is 0 Å². The maximum absolute atomic E-state index is 9.87. The standard InChI is InChI=1S/C6H14O3.3C5H10O2S/c1-2-6(3-7,4-8)5-9;3*1-4(8)2-3-5(6)7/h7-9H,2-5H2,1H3;3*4,8H,2-3H2,1H3,(H,6,7). The molecule has 0 aromatic carbocycles. The molecular weight excluding hydrogens is 492 g/mol. The highest BCUT2D eigenvalue weighted by molar-refractivity contribution is 7.81. The lowest BCUT2D eigenvalue weighted by atomic mass is 9.88. The number of aliphatic hydroxyl groups is 3. The van der Waals surface area contributed by atoms with Gasteiger partial charge in [-0.25, -0.2) is 0 Å². The Balaban J connectivity index is -0.000000170. The van der Waals surface area contributed by atoms with Crippen LogP contribution in [0.3, 0.4) is 0 Å². The molecule has 0 aliphatic heterocycles. The largest absolute Gasteiger partial charge is 0.481 e. The zero-order chi connectivity index (χ0) is 27.0. The van der Waals surface area contributed by atoms with Crippen molar-refractivity contribution in [2.24, 2.45) is 5.41 Å². The molecule has 0 aliphatic carbocycles. The molecule has 0 saturated carbocycles. The average Bonchev–Trinajstić information content (AvgIpc) is 2.73. The van der Waals surface area contributed by atoms with E-state index >= 15 is 0 Å². The van der Waals surface area contributed by atoms with E-state index < -0.39 is 23.3 Å². The Morgan fingerprint density at radius 2 is 0.848 bits per heavy atom. The van der Waals surface area contributed by atoms with Gasteiger partial charge < -0.3 is 30.6 Å². The summed E-state index contributed by atoms with van der Waals surface area (Å²) in [4.78, 5) is 29.6. The second-order valence-electron chi connectivity index (χ2n) is 7.67. The van der Waals surface area contributed by atoms with Gasteiger partial charge in [-0.2, -0.15) is 37.9 Å². The molecule has 0 amide bonds. The average molecular weight is 537 g/mol. The summed E-state index contributed by atoms with van der Waals surface area (Å²) in [6.45, 7) is 7.00. The molecule has 200 valence electrons. The van der Waals surface area contributed by atoms with Gasteiger partial charge in [-0.15, -0.1) is 0 Å². The summed E-state index contributed by atoms with van der Waals surface area (Å²) in [5.74, 6) is -2.23. The predicted octanol–water partition coefficient (Wildman–Crippen LogP) is 2.87. The minimum Gasteiger partial charge on any atom is -0.481 e. The molecule has 0 aromatic rings. The van der Waals surface area contributed by atoms with Gasteiger partial charge in [0.15, 0.2) is 0 Å². The van der Waals surface area contributed by atoms with Crippen LogP contribution in [0.25, 0.3) is 0 Å².